The highest BCUT2D eigenvalue weighted by atomic mass is 16.5. The summed E-state index contributed by atoms with van der Waals surface area (Å²) >= 11 is 0. The monoisotopic (exact) mass is 463 g/mol. The van der Waals surface area contributed by atoms with E-state index in [9.17, 15) is 9.90 Å². The van der Waals surface area contributed by atoms with Gasteiger partial charge in [0.15, 0.2) is 0 Å². The van der Waals surface area contributed by atoms with Crippen molar-refractivity contribution in [2.24, 2.45) is 5.92 Å². The van der Waals surface area contributed by atoms with Gasteiger partial charge in [0.25, 0.3) is 0 Å². The first-order valence-corrected chi connectivity index (χ1v) is 12.1. The van der Waals surface area contributed by atoms with E-state index in [0.29, 0.717) is 6.54 Å². The molecule has 4 nitrogen and oxygen atoms in total. The number of carboxylic acids is 1. The zero-order valence-electron chi connectivity index (χ0n) is 19.6. The normalized spacial score (nSPS) is 17.0. The SMILES string of the molecule is O=C(O)C1CCCN(C(c2ccc(-c3ccccc3)cc2)c2cccc(Oc3ccccc3)c2)C1. The van der Waals surface area contributed by atoms with Crippen molar-refractivity contribution in [3.8, 4) is 22.6 Å². The quantitative estimate of drug-likeness (QED) is 0.320. The topological polar surface area (TPSA) is 49.8 Å². The van der Waals surface area contributed by atoms with Crippen molar-refractivity contribution in [2.45, 2.75) is 18.9 Å². The summed E-state index contributed by atoms with van der Waals surface area (Å²) < 4.78 is 6.12. The van der Waals surface area contributed by atoms with E-state index in [1.807, 2.05) is 60.7 Å². The average Bonchev–Trinajstić information content (AvgIpc) is 2.91. The number of aliphatic carboxylic acids is 1. The summed E-state index contributed by atoms with van der Waals surface area (Å²) in [6, 6.07) is 36.8. The van der Waals surface area contributed by atoms with E-state index in [4.69, 9.17) is 4.74 Å². The number of ether oxygens (including phenoxy) is 1. The lowest BCUT2D eigenvalue weighted by Gasteiger charge is -2.37. The summed E-state index contributed by atoms with van der Waals surface area (Å²) in [6.45, 7) is 1.39. The molecular weight excluding hydrogens is 434 g/mol. The Morgan fingerprint density at radius 1 is 0.771 bits per heavy atom. The number of piperidine rings is 1. The zero-order chi connectivity index (χ0) is 24.0. The van der Waals surface area contributed by atoms with E-state index in [2.05, 4.69) is 53.4 Å². The van der Waals surface area contributed by atoms with Crippen molar-refractivity contribution in [1.29, 1.82) is 0 Å². The molecule has 1 aliphatic rings. The largest absolute Gasteiger partial charge is 0.481 e. The van der Waals surface area contributed by atoms with Crippen molar-refractivity contribution >= 4 is 5.97 Å². The number of carbonyl (C=O) groups is 1. The van der Waals surface area contributed by atoms with E-state index in [-0.39, 0.29) is 12.0 Å². The number of rotatable bonds is 7. The number of para-hydroxylation sites is 1. The lowest BCUT2D eigenvalue weighted by atomic mass is 9.90. The van der Waals surface area contributed by atoms with Crippen molar-refractivity contribution in [3.05, 3.63) is 120 Å². The minimum Gasteiger partial charge on any atom is -0.481 e. The Hall–Kier alpha value is -3.89. The third kappa shape index (κ3) is 5.44. The minimum absolute atomic E-state index is 0.0544. The Balaban J connectivity index is 1.49. The van der Waals surface area contributed by atoms with Crippen LogP contribution in [0.3, 0.4) is 0 Å². The van der Waals surface area contributed by atoms with Crippen molar-refractivity contribution in [2.75, 3.05) is 13.1 Å². The minimum atomic E-state index is -0.714. The molecule has 2 atom stereocenters. The fourth-order valence-electron chi connectivity index (χ4n) is 4.92. The molecule has 4 heteroatoms. The highest BCUT2D eigenvalue weighted by Gasteiger charge is 2.31. The average molecular weight is 464 g/mol. The van der Waals surface area contributed by atoms with Gasteiger partial charge in [-0.05, 0) is 65.9 Å². The van der Waals surface area contributed by atoms with Crippen LogP contribution in [-0.4, -0.2) is 29.1 Å². The third-order valence-corrected chi connectivity index (χ3v) is 6.65. The predicted octanol–water partition coefficient (Wildman–Crippen LogP) is 7.03. The molecule has 0 amide bonds. The molecule has 1 heterocycles. The van der Waals surface area contributed by atoms with E-state index < -0.39 is 5.97 Å². The number of benzene rings is 4. The molecular formula is C31H29NO3. The summed E-state index contributed by atoms with van der Waals surface area (Å²) in [6.07, 6.45) is 1.60. The van der Waals surface area contributed by atoms with Gasteiger partial charge in [-0.25, -0.2) is 0 Å². The Labute approximate surface area is 206 Å². The van der Waals surface area contributed by atoms with Gasteiger partial charge in [0.1, 0.15) is 11.5 Å². The number of likely N-dealkylation sites (tertiary alicyclic amines) is 1. The molecule has 176 valence electrons. The lowest BCUT2D eigenvalue weighted by molar-refractivity contribution is -0.143. The van der Waals surface area contributed by atoms with Crippen LogP contribution in [0.2, 0.25) is 0 Å². The summed E-state index contributed by atoms with van der Waals surface area (Å²) in [7, 11) is 0. The van der Waals surface area contributed by atoms with E-state index in [1.165, 1.54) is 5.56 Å². The Bertz CT molecular complexity index is 1260. The van der Waals surface area contributed by atoms with Crippen LogP contribution in [0.15, 0.2) is 109 Å². The molecule has 0 bridgehead atoms. The fourth-order valence-corrected chi connectivity index (χ4v) is 4.92. The molecule has 0 saturated carbocycles. The number of hydrogen-bond acceptors (Lipinski definition) is 3. The van der Waals surface area contributed by atoms with Crippen molar-refractivity contribution in [3.63, 3.8) is 0 Å². The molecule has 5 rings (SSSR count). The van der Waals surface area contributed by atoms with Crippen LogP contribution in [0.25, 0.3) is 11.1 Å². The van der Waals surface area contributed by atoms with Gasteiger partial charge in [-0.15, -0.1) is 0 Å². The molecule has 35 heavy (non-hydrogen) atoms. The van der Waals surface area contributed by atoms with Crippen LogP contribution >= 0.6 is 0 Å². The summed E-state index contributed by atoms with van der Waals surface area (Å²) in [4.78, 5) is 14.1. The maximum Gasteiger partial charge on any atom is 0.307 e. The standard InChI is InChI=1S/C31H29NO3/c33-31(34)27-12-8-20-32(22-27)30(25-18-16-24(17-19-25)23-9-3-1-4-10-23)26-11-7-15-29(21-26)35-28-13-5-2-6-14-28/h1-7,9-11,13-19,21,27,30H,8,12,20,22H2,(H,33,34). The van der Waals surface area contributed by atoms with Gasteiger partial charge in [0, 0.05) is 6.54 Å². The highest BCUT2D eigenvalue weighted by molar-refractivity contribution is 5.70. The summed E-state index contributed by atoms with van der Waals surface area (Å²) in [5.74, 6) is 0.497. The first kappa shape index (κ1) is 22.9. The van der Waals surface area contributed by atoms with Gasteiger partial charge in [-0.3, -0.25) is 9.69 Å². The van der Waals surface area contributed by atoms with Crippen LogP contribution in [0, 0.1) is 5.92 Å². The van der Waals surface area contributed by atoms with Gasteiger partial charge in [-0.1, -0.05) is 84.9 Å². The predicted molar refractivity (Wildman–Crippen MR) is 139 cm³/mol. The van der Waals surface area contributed by atoms with Crippen LogP contribution in [-0.2, 0) is 4.79 Å². The highest BCUT2D eigenvalue weighted by Crippen LogP contribution is 2.36. The van der Waals surface area contributed by atoms with Crippen molar-refractivity contribution in [1.82, 2.24) is 4.90 Å². The van der Waals surface area contributed by atoms with Gasteiger partial charge in [0.2, 0.25) is 0 Å². The second-order valence-electron chi connectivity index (χ2n) is 9.05. The smallest absolute Gasteiger partial charge is 0.307 e. The summed E-state index contributed by atoms with van der Waals surface area (Å²) in [5, 5.41) is 9.70. The summed E-state index contributed by atoms with van der Waals surface area (Å²) in [5.41, 5.74) is 4.58. The first-order valence-electron chi connectivity index (χ1n) is 12.1. The molecule has 0 spiro atoms. The van der Waals surface area contributed by atoms with Gasteiger partial charge in [0.05, 0.1) is 12.0 Å². The number of nitrogens with zero attached hydrogens (tertiary/aromatic N) is 1. The van der Waals surface area contributed by atoms with Crippen molar-refractivity contribution < 1.29 is 14.6 Å². The third-order valence-electron chi connectivity index (χ3n) is 6.65. The number of hydrogen-bond donors (Lipinski definition) is 1. The molecule has 1 N–H and O–H groups in total. The van der Waals surface area contributed by atoms with Gasteiger partial charge >= 0.3 is 5.97 Å². The maximum absolute atomic E-state index is 11.8. The van der Waals surface area contributed by atoms with Crippen LogP contribution in [0.4, 0.5) is 0 Å². The Morgan fingerprint density at radius 3 is 2.14 bits per heavy atom. The van der Waals surface area contributed by atoms with E-state index in [1.54, 1.807) is 0 Å². The Kier molecular flexibility index (Phi) is 6.92. The van der Waals surface area contributed by atoms with Crippen LogP contribution in [0.1, 0.15) is 30.0 Å². The van der Waals surface area contributed by atoms with E-state index in [0.717, 1.165) is 47.6 Å². The lowest BCUT2D eigenvalue weighted by Crippen LogP contribution is -2.41. The second kappa shape index (κ2) is 10.6. The molecule has 0 aliphatic carbocycles. The van der Waals surface area contributed by atoms with E-state index >= 15 is 0 Å². The second-order valence-corrected chi connectivity index (χ2v) is 9.05. The molecule has 1 saturated heterocycles. The van der Waals surface area contributed by atoms with Gasteiger partial charge < -0.3 is 9.84 Å². The molecule has 0 aromatic heterocycles. The molecule has 1 fully saturated rings. The van der Waals surface area contributed by atoms with Gasteiger partial charge in [-0.2, -0.15) is 0 Å². The molecule has 0 radical (unpaired) electrons. The molecule has 2 unspecified atom stereocenters. The molecule has 1 aliphatic heterocycles. The van der Waals surface area contributed by atoms with Crippen LogP contribution < -0.4 is 4.74 Å². The van der Waals surface area contributed by atoms with Crippen LogP contribution in [0.5, 0.6) is 11.5 Å². The number of carboxylic acid groups (broad SMARTS) is 1. The Morgan fingerprint density at radius 2 is 1.43 bits per heavy atom. The zero-order valence-corrected chi connectivity index (χ0v) is 19.6. The first-order chi connectivity index (χ1) is 17.2. The fraction of sp³-hybridized carbons (Fsp3) is 0.194. The molecule has 4 aromatic carbocycles. The maximum atomic E-state index is 11.8. The molecule has 4 aromatic rings.